The highest BCUT2D eigenvalue weighted by molar-refractivity contribution is 5.05. The lowest BCUT2D eigenvalue weighted by Crippen LogP contribution is -1.94. The Balaban J connectivity index is 2.66. The van der Waals surface area contributed by atoms with Gasteiger partial charge in [0.25, 0.3) is 0 Å². The van der Waals surface area contributed by atoms with Gasteiger partial charge in [-0.25, -0.2) is 9.97 Å². The van der Waals surface area contributed by atoms with Crippen LogP contribution in [0.25, 0.3) is 0 Å². The van der Waals surface area contributed by atoms with Crippen LogP contribution in [-0.2, 0) is 11.3 Å². The summed E-state index contributed by atoms with van der Waals surface area (Å²) in [5.74, 6) is 0. The van der Waals surface area contributed by atoms with E-state index in [0.717, 1.165) is 5.56 Å². The van der Waals surface area contributed by atoms with Gasteiger partial charge in [0.1, 0.15) is 0 Å². The van der Waals surface area contributed by atoms with Crippen LogP contribution in [0.4, 0.5) is 0 Å². The van der Waals surface area contributed by atoms with Gasteiger partial charge in [-0.15, -0.1) is 0 Å². The minimum absolute atomic E-state index is 0.379. The second-order valence-corrected chi connectivity index (χ2v) is 2.01. The fraction of sp³-hybridized carbons (Fsp3) is 0.429. The van der Waals surface area contributed by atoms with Gasteiger partial charge in [-0.2, -0.15) is 0 Å². The maximum absolute atomic E-state index is 4.88. The lowest BCUT2D eigenvalue weighted by Gasteiger charge is -1.98. The largest absolute Gasteiger partial charge is 0.467 e. The van der Waals surface area contributed by atoms with Gasteiger partial charge in [0.2, 0.25) is 0 Å². The molecule has 0 atom stereocenters. The molecule has 1 aromatic rings. The monoisotopic (exact) mass is 154 g/mol. The van der Waals surface area contributed by atoms with Crippen LogP contribution in [-0.4, -0.2) is 24.2 Å². The Labute approximate surface area is 65.2 Å². The molecule has 0 aliphatic heterocycles. The van der Waals surface area contributed by atoms with E-state index in [1.165, 1.54) is 7.11 Å². The van der Waals surface area contributed by atoms with E-state index in [9.17, 15) is 0 Å². The first kappa shape index (κ1) is 7.94. The molecule has 0 amide bonds. The molecule has 1 aromatic heterocycles. The van der Waals surface area contributed by atoms with Crippen molar-refractivity contribution in [3.8, 4) is 6.01 Å². The fourth-order valence-electron chi connectivity index (χ4n) is 0.690. The summed E-state index contributed by atoms with van der Waals surface area (Å²) in [5, 5.41) is 0. The van der Waals surface area contributed by atoms with Crippen molar-refractivity contribution in [3.63, 3.8) is 0 Å². The van der Waals surface area contributed by atoms with Crippen molar-refractivity contribution in [2.24, 2.45) is 0 Å². The van der Waals surface area contributed by atoms with Crippen LogP contribution in [0.3, 0.4) is 0 Å². The molecule has 0 saturated carbocycles. The minimum Gasteiger partial charge on any atom is -0.467 e. The second-order valence-electron chi connectivity index (χ2n) is 2.01. The summed E-state index contributed by atoms with van der Waals surface area (Å²) in [5.41, 5.74) is 0.938. The van der Waals surface area contributed by atoms with Gasteiger partial charge in [0, 0.05) is 25.1 Å². The van der Waals surface area contributed by atoms with Gasteiger partial charge >= 0.3 is 6.01 Å². The predicted octanol–water partition coefficient (Wildman–Crippen LogP) is 0.632. The summed E-state index contributed by atoms with van der Waals surface area (Å²) in [7, 11) is 3.16. The van der Waals surface area contributed by atoms with Crippen LogP contribution in [0.2, 0.25) is 0 Å². The number of hydrogen-bond donors (Lipinski definition) is 0. The number of aromatic nitrogens is 2. The Bertz CT molecular complexity index is 210. The molecule has 4 heteroatoms. The summed E-state index contributed by atoms with van der Waals surface area (Å²) in [4.78, 5) is 7.80. The zero-order chi connectivity index (χ0) is 8.10. The molecular weight excluding hydrogens is 144 g/mol. The lowest BCUT2D eigenvalue weighted by molar-refractivity contribution is 0.184. The Hall–Kier alpha value is -1.16. The fourth-order valence-corrected chi connectivity index (χ4v) is 0.690. The molecule has 0 fully saturated rings. The Morgan fingerprint density at radius 1 is 1.27 bits per heavy atom. The molecule has 0 saturated heterocycles. The number of hydrogen-bond acceptors (Lipinski definition) is 4. The molecule has 11 heavy (non-hydrogen) atoms. The van der Waals surface area contributed by atoms with Crippen molar-refractivity contribution < 1.29 is 9.47 Å². The standard InChI is InChI=1S/C7H10N2O2/c1-10-5-6-3-8-7(11-2)9-4-6/h3-4H,5H2,1-2H3. The van der Waals surface area contributed by atoms with E-state index in [0.29, 0.717) is 12.6 Å². The van der Waals surface area contributed by atoms with Gasteiger partial charge in [-0.3, -0.25) is 0 Å². The maximum atomic E-state index is 4.88. The number of nitrogens with zero attached hydrogens (tertiary/aromatic N) is 2. The highest BCUT2D eigenvalue weighted by Gasteiger charge is 1.94. The zero-order valence-corrected chi connectivity index (χ0v) is 6.57. The average molecular weight is 154 g/mol. The molecule has 1 rings (SSSR count). The third-order valence-corrected chi connectivity index (χ3v) is 1.18. The summed E-state index contributed by atoms with van der Waals surface area (Å²) in [6.07, 6.45) is 3.35. The van der Waals surface area contributed by atoms with Gasteiger partial charge in [-0.1, -0.05) is 0 Å². The Kier molecular flexibility index (Phi) is 2.80. The van der Waals surface area contributed by atoms with Crippen LogP contribution < -0.4 is 4.74 Å². The van der Waals surface area contributed by atoms with E-state index >= 15 is 0 Å². The molecule has 0 N–H and O–H groups in total. The molecule has 4 nitrogen and oxygen atoms in total. The van der Waals surface area contributed by atoms with Gasteiger partial charge < -0.3 is 9.47 Å². The average Bonchev–Trinajstić information content (AvgIpc) is 2.07. The number of rotatable bonds is 3. The van der Waals surface area contributed by atoms with Crippen LogP contribution in [0, 0.1) is 0 Å². The highest BCUT2D eigenvalue weighted by atomic mass is 16.5. The molecule has 1 heterocycles. The van der Waals surface area contributed by atoms with Crippen molar-refractivity contribution in [1.29, 1.82) is 0 Å². The van der Waals surface area contributed by atoms with Gasteiger partial charge in [0.15, 0.2) is 0 Å². The molecule has 0 aromatic carbocycles. The van der Waals surface area contributed by atoms with E-state index in [4.69, 9.17) is 9.47 Å². The third kappa shape index (κ3) is 2.16. The van der Waals surface area contributed by atoms with Crippen molar-refractivity contribution in [3.05, 3.63) is 18.0 Å². The second kappa shape index (κ2) is 3.88. The normalized spacial score (nSPS) is 9.64. The molecule has 0 bridgehead atoms. The summed E-state index contributed by atoms with van der Waals surface area (Å²) >= 11 is 0. The molecule has 0 aliphatic rings. The minimum atomic E-state index is 0.379. The Morgan fingerprint density at radius 2 is 1.91 bits per heavy atom. The van der Waals surface area contributed by atoms with Crippen LogP contribution in [0.15, 0.2) is 12.4 Å². The van der Waals surface area contributed by atoms with Crippen molar-refractivity contribution in [2.75, 3.05) is 14.2 Å². The SMILES string of the molecule is COCc1cnc(OC)nc1. The first-order valence-corrected chi connectivity index (χ1v) is 3.20. The molecule has 0 radical (unpaired) electrons. The molecule has 0 spiro atoms. The zero-order valence-electron chi connectivity index (χ0n) is 6.57. The van der Waals surface area contributed by atoms with Crippen molar-refractivity contribution in [2.45, 2.75) is 6.61 Å². The van der Waals surface area contributed by atoms with Gasteiger partial charge in [-0.05, 0) is 0 Å². The summed E-state index contributed by atoms with van der Waals surface area (Å²) in [6.45, 7) is 0.532. The molecular formula is C7H10N2O2. The van der Waals surface area contributed by atoms with Crippen LogP contribution in [0.1, 0.15) is 5.56 Å². The molecule has 0 unspecified atom stereocenters. The smallest absolute Gasteiger partial charge is 0.316 e. The topological polar surface area (TPSA) is 44.2 Å². The quantitative estimate of drug-likeness (QED) is 0.640. The number of ether oxygens (including phenoxy) is 2. The molecule has 0 aliphatic carbocycles. The van der Waals surface area contributed by atoms with Crippen LogP contribution in [0.5, 0.6) is 6.01 Å². The number of methoxy groups -OCH3 is 2. The first-order valence-electron chi connectivity index (χ1n) is 3.20. The lowest BCUT2D eigenvalue weighted by atomic mass is 10.4. The van der Waals surface area contributed by atoms with Crippen molar-refractivity contribution in [1.82, 2.24) is 9.97 Å². The highest BCUT2D eigenvalue weighted by Crippen LogP contribution is 2.01. The Morgan fingerprint density at radius 3 is 2.36 bits per heavy atom. The summed E-state index contributed by atoms with van der Waals surface area (Å²) < 4.78 is 9.66. The summed E-state index contributed by atoms with van der Waals surface area (Å²) in [6, 6.07) is 0.379. The van der Waals surface area contributed by atoms with E-state index in [-0.39, 0.29) is 0 Å². The third-order valence-electron chi connectivity index (χ3n) is 1.18. The van der Waals surface area contributed by atoms with Crippen LogP contribution >= 0.6 is 0 Å². The van der Waals surface area contributed by atoms with E-state index in [1.807, 2.05) is 0 Å². The van der Waals surface area contributed by atoms with E-state index < -0.39 is 0 Å². The van der Waals surface area contributed by atoms with E-state index in [2.05, 4.69) is 9.97 Å². The van der Waals surface area contributed by atoms with Crippen molar-refractivity contribution >= 4 is 0 Å². The van der Waals surface area contributed by atoms with Gasteiger partial charge in [0.05, 0.1) is 13.7 Å². The predicted molar refractivity (Wildman–Crippen MR) is 39.3 cm³/mol. The first-order chi connectivity index (χ1) is 5.36. The van der Waals surface area contributed by atoms with E-state index in [1.54, 1.807) is 19.5 Å². The molecule has 60 valence electrons. The maximum Gasteiger partial charge on any atom is 0.316 e.